The summed E-state index contributed by atoms with van der Waals surface area (Å²) in [6, 6.07) is 7.91. The molecular weight excluding hydrogens is 196 g/mol. The van der Waals surface area contributed by atoms with E-state index in [2.05, 4.69) is 13.0 Å². The lowest BCUT2D eigenvalue weighted by Gasteiger charge is -2.16. The summed E-state index contributed by atoms with van der Waals surface area (Å²) in [6.07, 6.45) is 3.01. The molecule has 0 spiro atoms. The quantitative estimate of drug-likeness (QED) is 0.791. The molecule has 1 nitrogen and oxygen atoms in total. The Labute approximate surface area is 90.7 Å². The van der Waals surface area contributed by atoms with Crippen LogP contribution in [0.3, 0.4) is 0 Å². The van der Waals surface area contributed by atoms with E-state index in [1.54, 1.807) is 0 Å². The van der Waals surface area contributed by atoms with Crippen LogP contribution in [-0.2, 0) is 0 Å². The van der Waals surface area contributed by atoms with Crippen molar-refractivity contribution in [2.75, 3.05) is 6.61 Å². The van der Waals surface area contributed by atoms with E-state index in [1.807, 2.05) is 18.2 Å². The van der Waals surface area contributed by atoms with Gasteiger partial charge in [0.15, 0.2) is 0 Å². The first-order chi connectivity index (χ1) is 6.79. The Kier molecular flexibility index (Phi) is 4.99. The van der Waals surface area contributed by atoms with Gasteiger partial charge < -0.3 is 5.11 Å². The molecule has 2 heteroatoms. The van der Waals surface area contributed by atoms with Crippen molar-refractivity contribution in [1.82, 2.24) is 0 Å². The zero-order chi connectivity index (χ0) is 10.4. The van der Waals surface area contributed by atoms with Crippen molar-refractivity contribution in [2.45, 2.75) is 32.1 Å². The third-order valence-electron chi connectivity index (χ3n) is 2.46. The number of halogens is 1. The van der Waals surface area contributed by atoms with Crippen LogP contribution in [0.2, 0.25) is 5.02 Å². The van der Waals surface area contributed by atoms with Gasteiger partial charge in [-0.25, -0.2) is 0 Å². The minimum absolute atomic E-state index is 0.232. The number of benzene rings is 1. The predicted molar refractivity (Wildman–Crippen MR) is 60.8 cm³/mol. The fourth-order valence-corrected chi connectivity index (χ4v) is 2.06. The van der Waals surface area contributed by atoms with E-state index < -0.39 is 0 Å². The van der Waals surface area contributed by atoms with Crippen LogP contribution in [0.1, 0.15) is 37.7 Å². The van der Waals surface area contributed by atoms with E-state index in [9.17, 15) is 0 Å². The molecule has 1 N–H and O–H groups in total. The van der Waals surface area contributed by atoms with E-state index in [0.717, 1.165) is 24.3 Å². The molecule has 0 amide bonds. The molecule has 0 aliphatic heterocycles. The van der Waals surface area contributed by atoms with Crippen molar-refractivity contribution in [3.8, 4) is 0 Å². The molecule has 1 unspecified atom stereocenters. The van der Waals surface area contributed by atoms with E-state index in [0.29, 0.717) is 5.92 Å². The monoisotopic (exact) mass is 212 g/mol. The summed E-state index contributed by atoms with van der Waals surface area (Å²) in [5.41, 5.74) is 1.17. The van der Waals surface area contributed by atoms with Crippen LogP contribution in [0.25, 0.3) is 0 Å². The van der Waals surface area contributed by atoms with Gasteiger partial charge in [-0.15, -0.1) is 0 Å². The van der Waals surface area contributed by atoms with Crippen LogP contribution in [0, 0.1) is 0 Å². The normalized spacial score (nSPS) is 12.8. The lowest BCUT2D eigenvalue weighted by atomic mass is 9.92. The fraction of sp³-hybridized carbons (Fsp3) is 0.500. The molecule has 1 aromatic carbocycles. The Balaban J connectivity index is 2.81. The number of hydrogen-bond acceptors (Lipinski definition) is 1. The van der Waals surface area contributed by atoms with Crippen LogP contribution in [0.4, 0.5) is 0 Å². The lowest BCUT2D eigenvalue weighted by Crippen LogP contribution is -2.02. The molecule has 0 fully saturated rings. The molecule has 0 heterocycles. The maximum Gasteiger partial charge on any atom is 0.0440 e. The fourth-order valence-electron chi connectivity index (χ4n) is 1.77. The zero-order valence-corrected chi connectivity index (χ0v) is 9.30. The third kappa shape index (κ3) is 3.00. The van der Waals surface area contributed by atoms with Gasteiger partial charge in [0.1, 0.15) is 0 Å². The average molecular weight is 213 g/mol. The van der Waals surface area contributed by atoms with E-state index >= 15 is 0 Å². The summed E-state index contributed by atoms with van der Waals surface area (Å²) in [5, 5.41) is 9.79. The Hall–Kier alpha value is -0.530. The summed E-state index contributed by atoms with van der Waals surface area (Å²) in [6.45, 7) is 2.39. The van der Waals surface area contributed by atoms with E-state index in [1.165, 1.54) is 5.56 Å². The predicted octanol–water partition coefficient (Wildman–Crippen LogP) is 3.61. The standard InChI is InChI=1S/C12H17ClO/c1-2-5-10(8-9-14)11-6-3-4-7-12(11)13/h3-4,6-7,10,14H,2,5,8-9H2,1H3. The highest BCUT2D eigenvalue weighted by molar-refractivity contribution is 6.31. The zero-order valence-electron chi connectivity index (χ0n) is 8.54. The molecule has 1 aromatic rings. The molecule has 1 rings (SSSR count). The van der Waals surface area contributed by atoms with Gasteiger partial charge in [0, 0.05) is 11.6 Å². The van der Waals surface area contributed by atoms with Crippen molar-refractivity contribution in [1.29, 1.82) is 0 Å². The highest BCUT2D eigenvalue weighted by atomic mass is 35.5. The van der Waals surface area contributed by atoms with Gasteiger partial charge in [0.2, 0.25) is 0 Å². The smallest absolute Gasteiger partial charge is 0.0440 e. The second-order valence-electron chi connectivity index (χ2n) is 3.52. The van der Waals surface area contributed by atoms with Gasteiger partial charge in [0.25, 0.3) is 0 Å². The SMILES string of the molecule is CCCC(CCO)c1ccccc1Cl. The maximum atomic E-state index is 8.97. The molecule has 0 aromatic heterocycles. The van der Waals surface area contributed by atoms with Crippen LogP contribution >= 0.6 is 11.6 Å². The van der Waals surface area contributed by atoms with Gasteiger partial charge in [-0.3, -0.25) is 0 Å². The highest BCUT2D eigenvalue weighted by Gasteiger charge is 2.12. The minimum atomic E-state index is 0.232. The first-order valence-corrected chi connectivity index (χ1v) is 5.52. The van der Waals surface area contributed by atoms with Crippen molar-refractivity contribution in [3.63, 3.8) is 0 Å². The first-order valence-electron chi connectivity index (χ1n) is 5.14. The van der Waals surface area contributed by atoms with Crippen LogP contribution < -0.4 is 0 Å². The van der Waals surface area contributed by atoms with Crippen molar-refractivity contribution in [3.05, 3.63) is 34.9 Å². The highest BCUT2D eigenvalue weighted by Crippen LogP contribution is 2.30. The van der Waals surface area contributed by atoms with Crippen molar-refractivity contribution < 1.29 is 5.11 Å². The summed E-state index contributed by atoms with van der Waals surface area (Å²) < 4.78 is 0. The molecule has 0 aliphatic carbocycles. The number of aliphatic hydroxyl groups excluding tert-OH is 1. The van der Waals surface area contributed by atoms with Crippen molar-refractivity contribution >= 4 is 11.6 Å². The summed E-state index contributed by atoms with van der Waals surface area (Å²) in [5.74, 6) is 0.402. The van der Waals surface area contributed by atoms with Gasteiger partial charge in [-0.05, 0) is 30.4 Å². The van der Waals surface area contributed by atoms with E-state index in [4.69, 9.17) is 16.7 Å². The molecule has 78 valence electrons. The average Bonchev–Trinajstić information content (AvgIpc) is 2.18. The van der Waals surface area contributed by atoms with Crippen LogP contribution in [0.15, 0.2) is 24.3 Å². The Morgan fingerprint density at radius 3 is 2.57 bits per heavy atom. The molecule has 0 aliphatic rings. The second-order valence-corrected chi connectivity index (χ2v) is 3.93. The number of hydrogen-bond donors (Lipinski definition) is 1. The third-order valence-corrected chi connectivity index (χ3v) is 2.80. The molecule has 1 atom stereocenters. The van der Waals surface area contributed by atoms with E-state index in [-0.39, 0.29) is 6.61 Å². The maximum absolute atomic E-state index is 8.97. The molecule has 0 saturated heterocycles. The Bertz CT molecular complexity index is 267. The Morgan fingerprint density at radius 1 is 1.29 bits per heavy atom. The first kappa shape index (κ1) is 11.5. The van der Waals surface area contributed by atoms with Crippen molar-refractivity contribution in [2.24, 2.45) is 0 Å². The van der Waals surface area contributed by atoms with Gasteiger partial charge in [-0.1, -0.05) is 43.1 Å². The van der Waals surface area contributed by atoms with Crippen LogP contribution in [-0.4, -0.2) is 11.7 Å². The Morgan fingerprint density at radius 2 is 2.00 bits per heavy atom. The van der Waals surface area contributed by atoms with Gasteiger partial charge in [-0.2, -0.15) is 0 Å². The van der Waals surface area contributed by atoms with Crippen LogP contribution in [0.5, 0.6) is 0 Å². The largest absolute Gasteiger partial charge is 0.396 e. The number of rotatable bonds is 5. The van der Waals surface area contributed by atoms with Gasteiger partial charge >= 0.3 is 0 Å². The van der Waals surface area contributed by atoms with Gasteiger partial charge in [0.05, 0.1) is 0 Å². The molecule has 0 saturated carbocycles. The summed E-state index contributed by atoms with van der Waals surface area (Å²) in [4.78, 5) is 0. The minimum Gasteiger partial charge on any atom is -0.396 e. The lowest BCUT2D eigenvalue weighted by molar-refractivity contribution is 0.272. The summed E-state index contributed by atoms with van der Waals surface area (Å²) in [7, 11) is 0. The molecular formula is C12H17ClO. The molecule has 0 bridgehead atoms. The number of aliphatic hydroxyl groups is 1. The summed E-state index contributed by atoms with van der Waals surface area (Å²) >= 11 is 6.11. The molecule has 14 heavy (non-hydrogen) atoms. The topological polar surface area (TPSA) is 20.2 Å². The second kappa shape index (κ2) is 6.05. The molecule has 0 radical (unpaired) electrons.